The lowest BCUT2D eigenvalue weighted by molar-refractivity contribution is 0.543. The fourth-order valence-electron chi connectivity index (χ4n) is 1.91. The molecule has 102 valence electrons. The molecule has 2 nitrogen and oxygen atoms in total. The predicted molar refractivity (Wildman–Crippen MR) is 72.8 cm³/mol. The fraction of sp³-hybridized carbons (Fsp3) is 0.188. The summed E-state index contributed by atoms with van der Waals surface area (Å²) >= 11 is 0. The van der Waals surface area contributed by atoms with Crippen molar-refractivity contribution in [3.8, 4) is 6.07 Å². The Bertz CT molecular complexity index is 630. The van der Waals surface area contributed by atoms with Gasteiger partial charge in [0.2, 0.25) is 0 Å². The minimum absolute atomic E-state index is 0.0410. The molecule has 0 bridgehead atoms. The highest BCUT2D eigenvalue weighted by molar-refractivity contribution is 5.33. The van der Waals surface area contributed by atoms with Crippen LogP contribution in [0.4, 0.5) is 8.78 Å². The summed E-state index contributed by atoms with van der Waals surface area (Å²) in [6.07, 6.45) is 0. The largest absolute Gasteiger partial charge is 0.306 e. The van der Waals surface area contributed by atoms with Gasteiger partial charge in [-0.05, 0) is 42.8 Å². The molecule has 0 saturated heterocycles. The zero-order valence-corrected chi connectivity index (χ0v) is 11.0. The van der Waals surface area contributed by atoms with Crippen molar-refractivity contribution >= 4 is 0 Å². The number of hydrogen-bond acceptors (Lipinski definition) is 2. The van der Waals surface area contributed by atoms with Crippen LogP contribution in [0.15, 0.2) is 42.5 Å². The summed E-state index contributed by atoms with van der Waals surface area (Å²) in [6.45, 7) is 2.22. The molecule has 0 aromatic heterocycles. The number of nitrogens with one attached hydrogen (secondary N) is 1. The standard InChI is InChI=1S/C16H14F2N2/c1-11(13-3-5-15(17)6-4-13)20-10-14-8-12(9-19)2-7-16(14)18/h2-8,11,20H,10H2,1H3/t11-/m1/s1. The molecule has 1 N–H and O–H groups in total. The molecule has 0 aliphatic carbocycles. The lowest BCUT2D eigenvalue weighted by Gasteiger charge is -2.14. The number of benzene rings is 2. The van der Waals surface area contributed by atoms with Crippen molar-refractivity contribution in [3.63, 3.8) is 0 Å². The number of nitrogens with zero attached hydrogens (tertiary/aromatic N) is 1. The van der Waals surface area contributed by atoms with Crippen LogP contribution in [-0.4, -0.2) is 0 Å². The molecule has 0 unspecified atom stereocenters. The van der Waals surface area contributed by atoms with Crippen molar-refractivity contribution in [2.24, 2.45) is 0 Å². The third-order valence-corrected chi connectivity index (χ3v) is 3.14. The maximum absolute atomic E-state index is 13.6. The first-order valence-corrected chi connectivity index (χ1v) is 6.27. The van der Waals surface area contributed by atoms with Crippen molar-refractivity contribution in [1.29, 1.82) is 5.26 Å². The summed E-state index contributed by atoms with van der Waals surface area (Å²) in [5.74, 6) is -0.628. The van der Waals surface area contributed by atoms with Crippen molar-refractivity contribution in [3.05, 3.63) is 70.8 Å². The lowest BCUT2D eigenvalue weighted by Crippen LogP contribution is -2.18. The van der Waals surface area contributed by atoms with Crippen LogP contribution in [0.2, 0.25) is 0 Å². The first-order chi connectivity index (χ1) is 9.60. The second kappa shape index (κ2) is 6.27. The van der Waals surface area contributed by atoms with Crippen molar-refractivity contribution in [2.45, 2.75) is 19.5 Å². The van der Waals surface area contributed by atoms with E-state index in [0.717, 1.165) is 5.56 Å². The zero-order valence-electron chi connectivity index (χ0n) is 11.0. The molecule has 0 spiro atoms. The Labute approximate surface area is 116 Å². The minimum atomic E-state index is -0.345. The molecule has 0 aliphatic rings. The van der Waals surface area contributed by atoms with Crippen molar-refractivity contribution in [1.82, 2.24) is 5.32 Å². The molecular formula is C16H14F2N2. The van der Waals surface area contributed by atoms with E-state index in [1.165, 1.54) is 30.3 Å². The molecule has 0 fully saturated rings. The monoisotopic (exact) mass is 272 g/mol. The second-order valence-electron chi connectivity index (χ2n) is 4.57. The molecule has 4 heteroatoms. The van der Waals surface area contributed by atoms with Crippen LogP contribution in [0.5, 0.6) is 0 Å². The highest BCUT2D eigenvalue weighted by Gasteiger charge is 2.08. The molecule has 2 aromatic rings. The van der Waals surface area contributed by atoms with Gasteiger partial charge in [-0.2, -0.15) is 5.26 Å². The summed E-state index contributed by atoms with van der Waals surface area (Å²) in [6, 6.07) is 12.4. The van der Waals surface area contributed by atoms with Gasteiger partial charge >= 0.3 is 0 Å². The van der Waals surface area contributed by atoms with Crippen LogP contribution in [-0.2, 0) is 6.54 Å². The Kier molecular flexibility index (Phi) is 4.44. The fourth-order valence-corrected chi connectivity index (χ4v) is 1.91. The molecule has 0 aliphatic heterocycles. The van der Waals surface area contributed by atoms with Crippen molar-refractivity contribution < 1.29 is 8.78 Å². The van der Waals surface area contributed by atoms with E-state index >= 15 is 0 Å². The third kappa shape index (κ3) is 3.40. The maximum Gasteiger partial charge on any atom is 0.127 e. The second-order valence-corrected chi connectivity index (χ2v) is 4.57. The smallest absolute Gasteiger partial charge is 0.127 e. The first-order valence-electron chi connectivity index (χ1n) is 6.27. The van der Waals surface area contributed by atoms with E-state index in [9.17, 15) is 8.78 Å². The Morgan fingerprint density at radius 2 is 1.85 bits per heavy atom. The van der Waals surface area contributed by atoms with Gasteiger partial charge in [0.1, 0.15) is 11.6 Å². The molecule has 0 heterocycles. The summed E-state index contributed by atoms with van der Waals surface area (Å²) in [7, 11) is 0. The molecule has 20 heavy (non-hydrogen) atoms. The Hall–Kier alpha value is -2.25. The summed E-state index contributed by atoms with van der Waals surface area (Å²) in [4.78, 5) is 0. The van der Waals surface area contributed by atoms with E-state index in [1.54, 1.807) is 12.1 Å². The van der Waals surface area contributed by atoms with Gasteiger partial charge in [-0.25, -0.2) is 8.78 Å². The van der Waals surface area contributed by atoms with Gasteiger partial charge < -0.3 is 5.32 Å². The number of nitriles is 1. The van der Waals surface area contributed by atoms with Crippen LogP contribution in [0, 0.1) is 23.0 Å². The van der Waals surface area contributed by atoms with Crippen LogP contribution in [0.1, 0.15) is 29.7 Å². The minimum Gasteiger partial charge on any atom is -0.306 e. The number of rotatable bonds is 4. The van der Waals surface area contributed by atoms with Crippen LogP contribution in [0.3, 0.4) is 0 Å². The molecular weight excluding hydrogens is 258 g/mol. The molecule has 0 amide bonds. The maximum atomic E-state index is 13.6. The average molecular weight is 272 g/mol. The first kappa shape index (κ1) is 14.2. The molecule has 2 aromatic carbocycles. The van der Waals surface area contributed by atoms with E-state index in [1.807, 2.05) is 13.0 Å². The van der Waals surface area contributed by atoms with Crippen LogP contribution < -0.4 is 5.32 Å². The SMILES string of the molecule is C[C@@H](NCc1cc(C#N)ccc1F)c1ccc(F)cc1. The van der Waals surface area contributed by atoms with Gasteiger partial charge in [0, 0.05) is 18.2 Å². The normalized spacial score (nSPS) is 11.9. The molecule has 0 saturated carbocycles. The predicted octanol–water partition coefficient (Wildman–Crippen LogP) is 3.69. The Morgan fingerprint density at radius 3 is 2.50 bits per heavy atom. The Morgan fingerprint density at radius 1 is 1.15 bits per heavy atom. The summed E-state index contributed by atoms with van der Waals surface area (Å²) in [5, 5.41) is 12.0. The van der Waals surface area contributed by atoms with Gasteiger partial charge in [0.25, 0.3) is 0 Å². The van der Waals surface area contributed by atoms with E-state index in [-0.39, 0.29) is 17.7 Å². The van der Waals surface area contributed by atoms with Crippen molar-refractivity contribution in [2.75, 3.05) is 0 Å². The van der Waals surface area contributed by atoms with Crippen LogP contribution in [0.25, 0.3) is 0 Å². The molecule has 2 rings (SSSR count). The summed E-state index contributed by atoms with van der Waals surface area (Å²) < 4.78 is 26.4. The van der Waals surface area contributed by atoms with Gasteiger partial charge in [0.15, 0.2) is 0 Å². The van der Waals surface area contributed by atoms with Gasteiger partial charge in [-0.3, -0.25) is 0 Å². The van der Waals surface area contributed by atoms with Gasteiger partial charge in [-0.1, -0.05) is 12.1 Å². The number of hydrogen-bond donors (Lipinski definition) is 1. The van der Waals surface area contributed by atoms with E-state index in [0.29, 0.717) is 17.7 Å². The Balaban J connectivity index is 2.05. The lowest BCUT2D eigenvalue weighted by atomic mass is 10.1. The van der Waals surface area contributed by atoms with E-state index < -0.39 is 0 Å². The molecule has 0 radical (unpaired) electrons. The highest BCUT2D eigenvalue weighted by Crippen LogP contribution is 2.15. The third-order valence-electron chi connectivity index (χ3n) is 3.14. The zero-order chi connectivity index (χ0) is 14.5. The highest BCUT2D eigenvalue weighted by atomic mass is 19.1. The average Bonchev–Trinajstić information content (AvgIpc) is 2.47. The van der Waals surface area contributed by atoms with E-state index in [2.05, 4.69) is 5.32 Å². The topological polar surface area (TPSA) is 35.8 Å². The number of halogens is 2. The van der Waals surface area contributed by atoms with Crippen LogP contribution >= 0.6 is 0 Å². The van der Waals surface area contributed by atoms with Gasteiger partial charge in [0.05, 0.1) is 11.6 Å². The summed E-state index contributed by atoms with van der Waals surface area (Å²) in [5.41, 5.74) is 1.79. The molecule has 1 atom stereocenters. The quantitative estimate of drug-likeness (QED) is 0.921. The van der Waals surface area contributed by atoms with E-state index in [4.69, 9.17) is 5.26 Å². The van der Waals surface area contributed by atoms with Gasteiger partial charge in [-0.15, -0.1) is 0 Å².